The number of nitrogens with one attached hydrogen (secondary N) is 2. The Balaban J connectivity index is 1.35. The molecule has 1 aliphatic rings. The molecule has 1 aromatic carbocycles. The van der Waals surface area contributed by atoms with Gasteiger partial charge in [0.05, 0.1) is 17.3 Å². The number of halogens is 2. The van der Waals surface area contributed by atoms with Crippen LogP contribution in [-0.4, -0.2) is 39.8 Å². The fourth-order valence-corrected chi connectivity index (χ4v) is 4.30. The van der Waals surface area contributed by atoms with Gasteiger partial charge in [0.2, 0.25) is 5.91 Å². The molecule has 0 saturated carbocycles. The molecule has 7 nitrogen and oxygen atoms in total. The molecule has 0 unspecified atom stereocenters. The van der Waals surface area contributed by atoms with E-state index in [4.69, 9.17) is 11.6 Å². The summed E-state index contributed by atoms with van der Waals surface area (Å²) < 4.78 is 13.2. The molecular formula is C20H17ClFN5O2S. The number of amides is 2. The Bertz CT molecular complexity index is 1090. The second-order valence-corrected chi connectivity index (χ2v) is 8.19. The molecule has 0 fully saturated rings. The number of carbonyl (C=O) groups excluding carboxylic acids is 2. The van der Waals surface area contributed by atoms with Crippen LogP contribution in [0.25, 0.3) is 0 Å². The monoisotopic (exact) mass is 445 g/mol. The summed E-state index contributed by atoms with van der Waals surface area (Å²) in [6.45, 7) is 1.41. The summed E-state index contributed by atoms with van der Waals surface area (Å²) in [4.78, 5) is 36.1. The van der Waals surface area contributed by atoms with Crippen LogP contribution in [0.4, 0.5) is 15.2 Å². The molecule has 2 N–H and O–H groups in total. The van der Waals surface area contributed by atoms with Crippen molar-refractivity contribution in [2.45, 2.75) is 13.0 Å². The Morgan fingerprint density at radius 2 is 2.10 bits per heavy atom. The van der Waals surface area contributed by atoms with Gasteiger partial charge in [-0.1, -0.05) is 17.7 Å². The van der Waals surface area contributed by atoms with E-state index < -0.39 is 5.82 Å². The van der Waals surface area contributed by atoms with E-state index >= 15 is 0 Å². The van der Waals surface area contributed by atoms with Gasteiger partial charge in [0, 0.05) is 36.3 Å². The van der Waals surface area contributed by atoms with E-state index in [1.807, 2.05) is 4.90 Å². The number of aromatic nitrogens is 2. The third-order valence-corrected chi connectivity index (χ3v) is 5.79. The molecule has 0 aliphatic carbocycles. The van der Waals surface area contributed by atoms with Gasteiger partial charge in [-0.25, -0.2) is 9.37 Å². The molecule has 0 radical (unpaired) electrons. The molecule has 0 atom stereocenters. The van der Waals surface area contributed by atoms with E-state index in [2.05, 4.69) is 20.6 Å². The molecule has 10 heteroatoms. The number of anilines is 2. The first-order valence-corrected chi connectivity index (χ1v) is 10.4. The third kappa shape index (κ3) is 4.81. The summed E-state index contributed by atoms with van der Waals surface area (Å²) in [6.07, 6.45) is 2.24. The maximum absolute atomic E-state index is 13.2. The Morgan fingerprint density at radius 3 is 2.87 bits per heavy atom. The fourth-order valence-electron chi connectivity index (χ4n) is 3.07. The van der Waals surface area contributed by atoms with Crippen molar-refractivity contribution >= 4 is 45.6 Å². The third-order valence-electron chi connectivity index (χ3n) is 4.50. The molecule has 4 rings (SSSR count). The van der Waals surface area contributed by atoms with Crippen LogP contribution < -0.4 is 10.6 Å². The minimum absolute atomic E-state index is 0.0413. The number of carbonyl (C=O) groups is 2. The van der Waals surface area contributed by atoms with Crippen molar-refractivity contribution < 1.29 is 14.0 Å². The normalized spacial score (nSPS) is 13.5. The lowest BCUT2D eigenvalue weighted by Gasteiger charge is -2.25. The topological polar surface area (TPSA) is 87.2 Å². The highest BCUT2D eigenvalue weighted by Gasteiger charge is 2.23. The maximum atomic E-state index is 13.2. The first-order chi connectivity index (χ1) is 14.5. The lowest BCUT2D eigenvalue weighted by atomic mass is 10.2. The van der Waals surface area contributed by atoms with Crippen molar-refractivity contribution in [2.75, 3.05) is 23.7 Å². The predicted octanol–water partition coefficient (Wildman–Crippen LogP) is 3.58. The number of rotatable bonds is 5. The molecule has 0 spiro atoms. The van der Waals surface area contributed by atoms with Gasteiger partial charge in [-0.3, -0.25) is 24.8 Å². The zero-order valence-electron chi connectivity index (χ0n) is 15.7. The largest absolute Gasteiger partial charge is 0.325 e. The molecule has 154 valence electrons. The number of fused-ring (bicyclic) bond motifs is 1. The van der Waals surface area contributed by atoms with Crippen molar-refractivity contribution in [2.24, 2.45) is 0 Å². The summed E-state index contributed by atoms with van der Waals surface area (Å²) in [5, 5.41) is 5.98. The van der Waals surface area contributed by atoms with E-state index in [1.54, 1.807) is 24.4 Å². The molecule has 0 bridgehead atoms. The standard InChI is InChI=1S/C20H17ClFN5O2S/c21-13-9-12(4-5-14(13)22)24-18(28)11-27-8-6-15-17(10-27)30-20(25-15)26-19(29)16-3-1-2-7-23-16/h1-5,7,9H,6,8,10-11H2,(H,24,28)(H,25,26,29). The van der Waals surface area contributed by atoms with E-state index in [0.29, 0.717) is 36.0 Å². The average molecular weight is 446 g/mol. The van der Waals surface area contributed by atoms with E-state index in [0.717, 1.165) is 10.6 Å². The highest BCUT2D eigenvalue weighted by atomic mass is 35.5. The molecule has 1 aliphatic heterocycles. The Kier molecular flexibility index (Phi) is 6.03. The SMILES string of the molecule is O=C(CN1CCc2nc(NC(=O)c3ccccn3)sc2C1)Nc1ccc(F)c(Cl)c1. The second kappa shape index (κ2) is 8.86. The van der Waals surface area contributed by atoms with Crippen LogP contribution in [0.3, 0.4) is 0 Å². The Morgan fingerprint density at radius 1 is 1.23 bits per heavy atom. The number of thiazole rings is 1. The fraction of sp³-hybridized carbons (Fsp3) is 0.200. The number of pyridine rings is 1. The zero-order chi connectivity index (χ0) is 21.1. The van der Waals surface area contributed by atoms with Crippen LogP contribution in [0.2, 0.25) is 5.02 Å². The van der Waals surface area contributed by atoms with Crippen LogP contribution in [0.15, 0.2) is 42.6 Å². The van der Waals surface area contributed by atoms with Gasteiger partial charge in [0.1, 0.15) is 11.5 Å². The summed E-state index contributed by atoms with van der Waals surface area (Å²) in [5.41, 5.74) is 1.70. The van der Waals surface area contributed by atoms with Gasteiger partial charge in [0.25, 0.3) is 5.91 Å². The predicted molar refractivity (Wildman–Crippen MR) is 113 cm³/mol. The highest BCUT2D eigenvalue weighted by Crippen LogP contribution is 2.28. The first-order valence-electron chi connectivity index (χ1n) is 9.16. The van der Waals surface area contributed by atoms with Gasteiger partial charge in [-0.15, -0.1) is 11.3 Å². The number of hydrogen-bond donors (Lipinski definition) is 2. The van der Waals surface area contributed by atoms with Gasteiger partial charge in [0.15, 0.2) is 5.13 Å². The molecule has 3 heterocycles. The molecular weight excluding hydrogens is 429 g/mol. The molecule has 2 amide bonds. The summed E-state index contributed by atoms with van der Waals surface area (Å²) in [5.74, 6) is -1.06. The summed E-state index contributed by atoms with van der Waals surface area (Å²) in [7, 11) is 0. The number of hydrogen-bond acceptors (Lipinski definition) is 6. The van der Waals surface area contributed by atoms with Crippen molar-refractivity contribution in [1.82, 2.24) is 14.9 Å². The minimum Gasteiger partial charge on any atom is -0.325 e. The molecule has 2 aromatic heterocycles. The zero-order valence-corrected chi connectivity index (χ0v) is 17.3. The van der Waals surface area contributed by atoms with Crippen molar-refractivity contribution in [1.29, 1.82) is 0 Å². The van der Waals surface area contributed by atoms with E-state index in [1.165, 1.54) is 29.5 Å². The average Bonchev–Trinajstić information content (AvgIpc) is 3.13. The van der Waals surface area contributed by atoms with Crippen LogP contribution in [0.5, 0.6) is 0 Å². The minimum atomic E-state index is -0.533. The van der Waals surface area contributed by atoms with Gasteiger partial charge in [-0.2, -0.15) is 0 Å². The van der Waals surface area contributed by atoms with Crippen LogP contribution in [0, 0.1) is 5.82 Å². The van der Waals surface area contributed by atoms with Gasteiger partial charge >= 0.3 is 0 Å². The molecule has 3 aromatic rings. The van der Waals surface area contributed by atoms with Crippen LogP contribution >= 0.6 is 22.9 Å². The Labute approximate surface area is 180 Å². The van der Waals surface area contributed by atoms with Crippen molar-refractivity contribution in [3.8, 4) is 0 Å². The van der Waals surface area contributed by atoms with Crippen molar-refractivity contribution in [3.05, 3.63) is 69.7 Å². The van der Waals surface area contributed by atoms with E-state index in [-0.39, 0.29) is 23.4 Å². The number of nitrogens with zero attached hydrogens (tertiary/aromatic N) is 3. The molecule has 30 heavy (non-hydrogen) atoms. The summed E-state index contributed by atoms with van der Waals surface area (Å²) >= 11 is 7.14. The quantitative estimate of drug-likeness (QED) is 0.626. The Hall–Kier alpha value is -2.88. The summed E-state index contributed by atoms with van der Waals surface area (Å²) in [6, 6.07) is 9.18. The smallest absolute Gasteiger partial charge is 0.276 e. The van der Waals surface area contributed by atoms with Crippen LogP contribution in [-0.2, 0) is 17.8 Å². The second-order valence-electron chi connectivity index (χ2n) is 6.70. The number of benzene rings is 1. The first kappa shape index (κ1) is 20.4. The van der Waals surface area contributed by atoms with Gasteiger partial charge < -0.3 is 5.32 Å². The van der Waals surface area contributed by atoms with Gasteiger partial charge in [-0.05, 0) is 30.3 Å². The van der Waals surface area contributed by atoms with E-state index in [9.17, 15) is 14.0 Å². The van der Waals surface area contributed by atoms with Crippen molar-refractivity contribution in [3.63, 3.8) is 0 Å². The molecule has 0 saturated heterocycles. The lowest BCUT2D eigenvalue weighted by Crippen LogP contribution is -2.36. The lowest BCUT2D eigenvalue weighted by molar-refractivity contribution is -0.117. The maximum Gasteiger partial charge on any atom is 0.276 e. The highest BCUT2D eigenvalue weighted by molar-refractivity contribution is 7.15. The van der Waals surface area contributed by atoms with Crippen LogP contribution in [0.1, 0.15) is 21.1 Å².